The van der Waals surface area contributed by atoms with Gasteiger partial charge in [-0.05, 0) is 24.5 Å². The fraction of sp³-hybridized carbons (Fsp3) is 0.375. The molecule has 0 aliphatic carbocycles. The van der Waals surface area contributed by atoms with Gasteiger partial charge in [0.2, 0.25) is 0 Å². The summed E-state index contributed by atoms with van der Waals surface area (Å²) in [5.41, 5.74) is 1.94. The molecule has 1 N–H and O–H groups in total. The molecule has 2 unspecified atom stereocenters. The van der Waals surface area contributed by atoms with Gasteiger partial charge in [0.05, 0.1) is 17.5 Å². The Bertz CT molecular complexity index is 609. The van der Waals surface area contributed by atoms with Crippen molar-refractivity contribution in [3.63, 3.8) is 0 Å². The van der Waals surface area contributed by atoms with E-state index in [1.165, 1.54) is 29.6 Å². The maximum absolute atomic E-state index is 13.4. The molecule has 2 atom stereocenters. The molecule has 7 heteroatoms. The first kappa shape index (κ1) is 20.2. The van der Waals surface area contributed by atoms with Crippen LogP contribution in [0.5, 0.6) is 0 Å². The van der Waals surface area contributed by atoms with E-state index in [4.69, 9.17) is 3.50 Å². The number of hydrogen-bond donors (Lipinski definition) is 1. The Morgan fingerprint density at radius 2 is 2.17 bits per heavy atom. The Morgan fingerprint density at radius 3 is 2.74 bits per heavy atom. The summed E-state index contributed by atoms with van der Waals surface area (Å²) >= 11 is 2.43. The molecule has 23 heavy (non-hydrogen) atoms. The second kappa shape index (κ2) is 9.42. The molecule has 0 fully saturated rings. The summed E-state index contributed by atoms with van der Waals surface area (Å²) in [5.74, 6) is -0.125. The maximum atomic E-state index is 13.4. The molecule has 0 spiro atoms. The SMILES string of the molecule is [CH2-]CC(O)N(C)C1=C(C)C(C)C=C(c2cncc(F)c2)S1.[O]=[Tc]. The van der Waals surface area contributed by atoms with Gasteiger partial charge in [0, 0.05) is 23.7 Å². The second-order valence-corrected chi connectivity index (χ2v) is 6.21. The third kappa shape index (κ3) is 5.04. The van der Waals surface area contributed by atoms with E-state index in [1.807, 2.05) is 11.9 Å². The Morgan fingerprint density at radius 1 is 1.52 bits per heavy atom. The first-order valence-corrected chi connectivity index (χ1v) is 8.58. The van der Waals surface area contributed by atoms with Crippen LogP contribution >= 0.6 is 11.8 Å². The van der Waals surface area contributed by atoms with Crippen LogP contribution in [-0.2, 0) is 22.4 Å². The molecule has 1 aliphatic rings. The van der Waals surface area contributed by atoms with Crippen LogP contribution in [0.4, 0.5) is 4.39 Å². The van der Waals surface area contributed by atoms with Crippen LogP contribution in [0.15, 0.2) is 35.1 Å². The fourth-order valence-electron chi connectivity index (χ4n) is 2.15. The van der Waals surface area contributed by atoms with E-state index in [9.17, 15) is 9.50 Å². The van der Waals surface area contributed by atoms with E-state index in [0.29, 0.717) is 6.42 Å². The van der Waals surface area contributed by atoms with Gasteiger partial charge in [0.1, 0.15) is 5.82 Å². The van der Waals surface area contributed by atoms with Crippen molar-refractivity contribution in [2.24, 2.45) is 5.92 Å². The van der Waals surface area contributed by atoms with Crippen LogP contribution in [-0.4, -0.2) is 28.3 Å². The number of halogens is 1. The van der Waals surface area contributed by atoms with Gasteiger partial charge >= 0.3 is 22.4 Å². The number of aliphatic hydroxyl groups excluding tert-OH is 1. The number of pyridine rings is 1. The molecule has 127 valence electrons. The van der Waals surface area contributed by atoms with Crippen LogP contribution in [0.3, 0.4) is 0 Å². The Kier molecular flexibility index (Phi) is 8.26. The molecular formula is C16H20FN2O2STc-. The Balaban J connectivity index is 0.00000127. The summed E-state index contributed by atoms with van der Waals surface area (Å²) in [6.45, 7) is 7.88. The number of aromatic nitrogens is 1. The van der Waals surface area contributed by atoms with Crippen molar-refractivity contribution in [1.29, 1.82) is 0 Å². The minimum absolute atomic E-state index is 0.221. The number of nitrogens with zero attached hydrogens (tertiary/aromatic N) is 2. The first-order valence-electron chi connectivity index (χ1n) is 7.01. The van der Waals surface area contributed by atoms with Gasteiger partial charge in [-0.2, -0.15) is 0 Å². The number of aliphatic hydroxyl groups is 1. The average molecular weight is 421 g/mol. The summed E-state index contributed by atoms with van der Waals surface area (Å²) in [6.07, 6.45) is 4.74. The zero-order valence-corrected chi connectivity index (χ0v) is 16.0. The monoisotopic (exact) mass is 420 g/mol. The van der Waals surface area contributed by atoms with E-state index >= 15 is 0 Å². The average Bonchev–Trinajstić information content (AvgIpc) is 2.57. The van der Waals surface area contributed by atoms with Crippen molar-refractivity contribution in [2.75, 3.05) is 7.05 Å². The zero-order chi connectivity index (χ0) is 17.6. The van der Waals surface area contributed by atoms with Gasteiger partial charge in [-0.15, -0.1) is 6.42 Å². The van der Waals surface area contributed by atoms with Gasteiger partial charge in [-0.3, -0.25) is 4.98 Å². The summed E-state index contributed by atoms with van der Waals surface area (Å²) in [6, 6.07) is 1.48. The van der Waals surface area contributed by atoms with E-state index in [-0.39, 0.29) is 11.7 Å². The summed E-state index contributed by atoms with van der Waals surface area (Å²) in [7, 11) is 1.85. The molecule has 1 aliphatic heterocycles. The third-order valence-corrected chi connectivity index (χ3v) is 5.04. The molecule has 1 aromatic rings. The molecular weight excluding hydrogens is 401 g/mol. The molecule has 2 heterocycles. The van der Waals surface area contributed by atoms with Crippen LogP contribution in [0.2, 0.25) is 0 Å². The molecule has 0 saturated carbocycles. The molecule has 0 radical (unpaired) electrons. The van der Waals surface area contributed by atoms with Crippen molar-refractivity contribution < 1.29 is 31.9 Å². The predicted molar refractivity (Wildman–Crippen MR) is 86.1 cm³/mol. The van der Waals surface area contributed by atoms with Gasteiger partial charge < -0.3 is 16.9 Å². The molecule has 0 aromatic carbocycles. The fourth-order valence-corrected chi connectivity index (χ4v) is 3.47. The van der Waals surface area contributed by atoms with Gasteiger partial charge in [0.25, 0.3) is 0 Å². The topological polar surface area (TPSA) is 53.4 Å². The normalized spacial score (nSPS) is 18.7. The van der Waals surface area contributed by atoms with Crippen molar-refractivity contribution in [3.8, 4) is 0 Å². The number of rotatable bonds is 4. The van der Waals surface area contributed by atoms with Crippen molar-refractivity contribution in [1.82, 2.24) is 9.88 Å². The van der Waals surface area contributed by atoms with Crippen molar-refractivity contribution >= 4 is 16.7 Å². The number of thioether (sulfide) groups is 1. The number of hydrogen-bond acceptors (Lipinski definition) is 5. The Hall–Kier alpha value is -0.881. The van der Waals surface area contributed by atoms with Crippen LogP contribution < -0.4 is 0 Å². The molecule has 1 aromatic heterocycles. The summed E-state index contributed by atoms with van der Waals surface area (Å²) in [5, 5.41) is 11.0. The quantitative estimate of drug-likeness (QED) is 0.596. The molecule has 0 amide bonds. The standard InChI is InChI=1S/C16H20FN2OS.O.Tc/c1-5-15(20)19(4)16-11(3)10(2)6-14(21-16)12-7-13(17)9-18-8-12;;/h6-10,15,20H,1,5H2,2-4H3;;/q-1;;. The zero-order valence-electron chi connectivity index (χ0n) is 13.3. The summed E-state index contributed by atoms with van der Waals surface area (Å²) < 4.78 is 21.6. The van der Waals surface area contributed by atoms with E-state index in [0.717, 1.165) is 34.4 Å². The van der Waals surface area contributed by atoms with E-state index in [1.54, 1.807) is 6.20 Å². The van der Waals surface area contributed by atoms with Crippen LogP contribution in [0.1, 0.15) is 25.8 Å². The minimum atomic E-state index is -0.625. The first-order chi connectivity index (χ1) is 10.9. The van der Waals surface area contributed by atoms with Gasteiger partial charge in [0.15, 0.2) is 0 Å². The van der Waals surface area contributed by atoms with Crippen LogP contribution in [0, 0.1) is 18.7 Å². The number of allylic oxidation sites excluding steroid dienone is 2. The van der Waals surface area contributed by atoms with E-state index < -0.39 is 6.23 Å². The summed E-state index contributed by atoms with van der Waals surface area (Å²) in [4.78, 5) is 6.69. The van der Waals surface area contributed by atoms with Gasteiger partial charge in [-0.25, -0.2) is 4.39 Å². The van der Waals surface area contributed by atoms with Gasteiger partial charge in [-0.1, -0.05) is 24.8 Å². The van der Waals surface area contributed by atoms with Crippen LogP contribution in [0.25, 0.3) is 4.91 Å². The molecule has 2 rings (SSSR count). The molecule has 0 saturated heterocycles. The third-order valence-electron chi connectivity index (χ3n) is 3.64. The van der Waals surface area contributed by atoms with E-state index in [2.05, 4.69) is 31.8 Å². The van der Waals surface area contributed by atoms with Crippen molar-refractivity contribution in [2.45, 2.75) is 26.5 Å². The predicted octanol–water partition coefficient (Wildman–Crippen LogP) is 3.53. The molecule has 0 bridgehead atoms. The molecule has 4 nitrogen and oxygen atoms in total. The second-order valence-electron chi connectivity index (χ2n) is 5.18. The van der Waals surface area contributed by atoms with Crippen molar-refractivity contribution in [3.05, 3.63) is 53.4 Å². The Labute approximate surface area is 151 Å².